The number of non-ortho nitro benzene ring substituents is 1. The Bertz CT molecular complexity index is 869. The highest BCUT2D eigenvalue weighted by molar-refractivity contribution is 5.79. The molecule has 0 saturated carbocycles. The first kappa shape index (κ1) is 22.9. The van der Waals surface area contributed by atoms with Crippen molar-refractivity contribution in [1.82, 2.24) is 10.2 Å². The first-order chi connectivity index (χ1) is 14.1. The van der Waals surface area contributed by atoms with Crippen LogP contribution in [0.25, 0.3) is 6.08 Å². The van der Waals surface area contributed by atoms with Crippen molar-refractivity contribution in [2.45, 2.75) is 57.7 Å². The van der Waals surface area contributed by atoms with Crippen molar-refractivity contribution < 1.29 is 19.2 Å². The number of amides is 2. The molecule has 2 atom stereocenters. The Labute approximate surface area is 175 Å². The topological polar surface area (TPSA) is 126 Å². The van der Waals surface area contributed by atoms with E-state index in [0.717, 1.165) is 6.42 Å². The van der Waals surface area contributed by atoms with Crippen LogP contribution >= 0.6 is 0 Å². The minimum absolute atomic E-state index is 0.0527. The molecule has 1 aliphatic heterocycles. The summed E-state index contributed by atoms with van der Waals surface area (Å²) in [7, 11) is 0. The Kier molecular flexibility index (Phi) is 7.53. The van der Waals surface area contributed by atoms with Crippen molar-refractivity contribution in [3.63, 3.8) is 0 Å². The molecule has 0 aromatic heterocycles. The fourth-order valence-electron chi connectivity index (χ4n) is 3.10. The molecule has 2 amide bonds. The number of nitrogens with zero attached hydrogens (tertiary/aromatic N) is 3. The fourth-order valence-corrected chi connectivity index (χ4v) is 3.10. The van der Waals surface area contributed by atoms with Gasteiger partial charge in [0, 0.05) is 18.7 Å². The molecule has 9 heteroatoms. The maximum atomic E-state index is 12.7. The fraction of sp³-hybridized carbons (Fsp3) is 0.476. The van der Waals surface area contributed by atoms with Gasteiger partial charge in [0.25, 0.3) is 5.69 Å². The van der Waals surface area contributed by atoms with Gasteiger partial charge in [0.05, 0.1) is 23.5 Å². The van der Waals surface area contributed by atoms with Crippen LogP contribution in [0, 0.1) is 21.4 Å². The van der Waals surface area contributed by atoms with E-state index in [9.17, 15) is 25.0 Å². The maximum absolute atomic E-state index is 12.7. The maximum Gasteiger partial charge on any atom is 0.408 e. The highest BCUT2D eigenvalue weighted by Gasteiger charge is 2.30. The summed E-state index contributed by atoms with van der Waals surface area (Å²) in [5, 5.41) is 22.8. The summed E-state index contributed by atoms with van der Waals surface area (Å²) < 4.78 is 5.27. The third kappa shape index (κ3) is 6.88. The molecule has 1 aromatic rings. The van der Waals surface area contributed by atoms with Crippen LogP contribution in [-0.2, 0) is 9.53 Å². The normalized spacial score (nSPS) is 17.4. The third-order valence-electron chi connectivity index (χ3n) is 4.42. The number of carbonyl (C=O) groups is 2. The van der Waals surface area contributed by atoms with Crippen LogP contribution in [0.4, 0.5) is 10.5 Å². The number of alkyl carbamates (subject to hydrolysis) is 1. The third-order valence-corrected chi connectivity index (χ3v) is 4.42. The smallest absolute Gasteiger partial charge is 0.408 e. The lowest BCUT2D eigenvalue weighted by molar-refractivity contribution is -0.384. The number of carbonyl (C=O) groups excluding carboxylic acids is 2. The van der Waals surface area contributed by atoms with Gasteiger partial charge >= 0.3 is 6.09 Å². The Morgan fingerprint density at radius 3 is 2.83 bits per heavy atom. The average molecular weight is 414 g/mol. The van der Waals surface area contributed by atoms with E-state index in [-0.39, 0.29) is 18.0 Å². The lowest BCUT2D eigenvalue weighted by atomic mass is 10.1. The van der Waals surface area contributed by atoms with Crippen molar-refractivity contribution >= 4 is 23.8 Å². The van der Waals surface area contributed by atoms with Gasteiger partial charge in [-0.3, -0.25) is 14.9 Å². The predicted molar refractivity (Wildman–Crippen MR) is 110 cm³/mol. The summed E-state index contributed by atoms with van der Waals surface area (Å²) in [4.78, 5) is 36.9. The highest BCUT2D eigenvalue weighted by atomic mass is 16.6. The highest BCUT2D eigenvalue weighted by Crippen LogP contribution is 2.19. The summed E-state index contributed by atoms with van der Waals surface area (Å²) in [6.07, 6.45) is 3.87. The van der Waals surface area contributed by atoms with E-state index in [2.05, 4.69) is 11.4 Å². The van der Waals surface area contributed by atoms with Gasteiger partial charge in [-0.2, -0.15) is 5.26 Å². The van der Waals surface area contributed by atoms with Crippen LogP contribution in [0.15, 0.2) is 30.3 Å². The summed E-state index contributed by atoms with van der Waals surface area (Å²) in [6.45, 7) is 5.69. The molecule has 1 unspecified atom stereocenters. The van der Waals surface area contributed by atoms with Gasteiger partial charge < -0.3 is 15.0 Å². The molecule has 1 aliphatic rings. The van der Waals surface area contributed by atoms with E-state index < -0.39 is 28.7 Å². The SMILES string of the molecule is CC(C)(C)OC(=O)NC(C=Cc1cccc([N+](=O)[O-])c1)CC(=O)N1CCC[C@H]1C#N. The monoisotopic (exact) mass is 414 g/mol. The molecule has 30 heavy (non-hydrogen) atoms. The van der Waals surface area contributed by atoms with Gasteiger partial charge in [0.1, 0.15) is 11.6 Å². The Balaban J connectivity index is 2.17. The molecule has 1 saturated heterocycles. The van der Waals surface area contributed by atoms with Crippen LogP contribution in [0.5, 0.6) is 0 Å². The van der Waals surface area contributed by atoms with Crippen LogP contribution in [0.3, 0.4) is 0 Å². The zero-order chi connectivity index (χ0) is 22.3. The number of benzene rings is 1. The molecule has 0 spiro atoms. The molecule has 1 fully saturated rings. The number of rotatable bonds is 6. The second-order valence-electron chi connectivity index (χ2n) is 8.04. The predicted octanol–water partition coefficient (Wildman–Crippen LogP) is 3.41. The van der Waals surface area contributed by atoms with Crippen molar-refractivity contribution in [1.29, 1.82) is 5.26 Å². The first-order valence-corrected chi connectivity index (χ1v) is 9.70. The van der Waals surface area contributed by atoms with E-state index in [0.29, 0.717) is 18.5 Å². The van der Waals surface area contributed by atoms with Crippen LogP contribution in [0.2, 0.25) is 0 Å². The Morgan fingerprint density at radius 2 is 2.20 bits per heavy atom. The molecule has 9 nitrogen and oxygen atoms in total. The molecule has 0 bridgehead atoms. The number of nitro groups is 1. The second kappa shape index (κ2) is 9.87. The van der Waals surface area contributed by atoms with Gasteiger partial charge in [0.15, 0.2) is 0 Å². The molecular weight excluding hydrogens is 388 g/mol. The van der Waals surface area contributed by atoms with Gasteiger partial charge in [-0.05, 0) is 39.2 Å². The summed E-state index contributed by atoms with van der Waals surface area (Å²) in [5.74, 6) is -0.246. The molecule has 0 radical (unpaired) electrons. The number of nitro benzene ring substituents is 1. The first-order valence-electron chi connectivity index (χ1n) is 9.70. The average Bonchev–Trinajstić information content (AvgIpc) is 3.13. The van der Waals surface area contributed by atoms with Gasteiger partial charge in [0.2, 0.25) is 5.91 Å². The van der Waals surface area contributed by atoms with Crippen LogP contribution in [0.1, 0.15) is 45.6 Å². The van der Waals surface area contributed by atoms with E-state index in [4.69, 9.17) is 4.74 Å². The van der Waals surface area contributed by atoms with Crippen LogP contribution in [-0.4, -0.2) is 46.1 Å². The van der Waals surface area contributed by atoms with Crippen molar-refractivity contribution in [2.75, 3.05) is 6.54 Å². The van der Waals surface area contributed by atoms with Crippen molar-refractivity contribution in [3.8, 4) is 6.07 Å². The lowest BCUT2D eigenvalue weighted by Crippen LogP contribution is -2.43. The van der Waals surface area contributed by atoms with E-state index in [1.165, 1.54) is 17.0 Å². The zero-order valence-corrected chi connectivity index (χ0v) is 17.3. The summed E-state index contributed by atoms with van der Waals surface area (Å²) in [6, 6.07) is 6.98. The van der Waals surface area contributed by atoms with Gasteiger partial charge in [-0.25, -0.2) is 4.79 Å². The molecular formula is C21H26N4O5. The zero-order valence-electron chi connectivity index (χ0n) is 17.3. The number of hydrogen-bond donors (Lipinski definition) is 1. The van der Waals surface area contributed by atoms with Gasteiger partial charge in [-0.1, -0.05) is 24.3 Å². The van der Waals surface area contributed by atoms with E-state index in [1.807, 2.05) is 0 Å². The number of likely N-dealkylation sites (tertiary alicyclic amines) is 1. The number of hydrogen-bond acceptors (Lipinski definition) is 6. The van der Waals surface area contributed by atoms with Crippen molar-refractivity contribution in [3.05, 3.63) is 46.0 Å². The summed E-state index contributed by atoms with van der Waals surface area (Å²) in [5.41, 5.74) is -0.203. The molecule has 1 aromatic carbocycles. The minimum Gasteiger partial charge on any atom is -0.444 e. The molecule has 2 rings (SSSR count). The lowest BCUT2D eigenvalue weighted by Gasteiger charge is -2.24. The standard InChI is InChI=1S/C21H26N4O5/c1-21(2,3)30-20(27)23-16(13-19(26)24-11-5-8-18(24)14-22)10-9-15-6-4-7-17(12-15)25(28)29/h4,6-7,9-10,12,16,18H,5,8,11,13H2,1-3H3,(H,23,27)/t16?,18-/m0/s1. The van der Waals surface area contributed by atoms with E-state index >= 15 is 0 Å². The van der Waals surface area contributed by atoms with Crippen molar-refractivity contribution in [2.24, 2.45) is 0 Å². The van der Waals surface area contributed by atoms with Crippen LogP contribution < -0.4 is 5.32 Å². The molecule has 160 valence electrons. The molecule has 0 aliphatic carbocycles. The Hall–Kier alpha value is -3.41. The largest absolute Gasteiger partial charge is 0.444 e. The second-order valence-corrected chi connectivity index (χ2v) is 8.04. The number of nitriles is 1. The number of ether oxygens (including phenoxy) is 1. The van der Waals surface area contributed by atoms with Gasteiger partial charge in [-0.15, -0.1) is 0 Å². The number of nitrogens with one attached hydrogen (secondary N) is 1. The summed E-state index contributed by atoms with van der Waals surface area (Å²) >= 11 is 0. The Morgan fingerprint density at radius 1 is 1.47 bits per heavy atom. The quantitative estimate of drug-likeness (QED) is 0.562. The van der Waals surface area contributed by atoms with E-state index in [1.54, 1.807) is 45.1 Å². The minimum atomic E-state index is -0.705. The molecule has 1 N–H and O–H groups in total. The molecule has 1 heterocycles.